The average Bonchev–Trinajstić information content (AvgIpc) is 2.87. The number of aliphatic carboxylic acids is 2. The third kappa shape index (κ3) is 3.55. The molecule has 1 unspecified atom stereocenters. The van der Waals surface area contributed by atoms with Crippen LogP contribution in [0.25, 0.3) is 10.9 Å². The van der Waals surface area contributed by atoms with Crippen LogP contribution in [0.2, 0.25) is 0 Å². The van der Waals surface area contributed by atoms with Gasteiger partial charge in [-0.15, -0.1) is 0 Å². The zero-order valence-corrected chi connectivity index (χ0v) is 13.7. The number of aromatic amines is 1. The standard InChI is InChI=1S/C16H19N3O4S/c20-15(21)12-5-10-9-3-1-2-4-11(9)19-13(10)6-24-7-14(16(22)23)18-8-17-12/h1-4,12,14,17-19H,5-8H2,(H,20,21)(H,22,23)/t12?,14-/m0/s1. The lowest BCUT2D eigenvalue weighted by atomic mass is 10.0. The fourth-order valence-corrected chi connectivity index (χ4v) is 3.93. The molecule has 7 nitrogen and oxygen atoms in total. The number of carbonyl (C=O) groups is 2. The highest BCUT2D eigenvalue weighted by molar-refractivity contribution is 7.98. The van der Waals surface area contributed by atoms with E-state index in [1.165, 1.54) is 11.8 Å². The molecule has 5 N–H and O–H groups in total. The van der Waals surface area contributed by atoms with Gasteiger partial charge in [-0.1, -0.05) is 18.2 Å². The number of para-hydroxylation sites is 1. The summed E-state index contributed by atoms with van der Waals surface area (Å²) in [5.41, 5.74) is 2.91. The van der Waals surface area contributed by atoms with Gasteiger partial charge in [0.2, 0.25) is 0 Å². The van der Waals surface area contributed by atoms with Crippen molar-refractivity contribution in [2.45, 2.75) is 24.3 Å². The van der Waals surface area contributed by atoms with E-state index in [2.05, 4.69) is 15.6 Å². The van der Waals surface area contributed by atoms with Crippen molar-refractivity contribution in [3.63, 3.8) is 0 Å². The van der Waals surface area contributed by atoms with Crippen molar-refractivity contribution in [3.05, 3.63) is 35.5 Å². The molecule has 1 aromatic carbocycles. The second-order valence-electron chi connectivity index (χ2n) is 5.71. The van der Waals surface area contributed by atoms with Crippen molar-refractivity contribution in [3.8, 4) is 0 Å². The summed E-state index contributed by atoms with van der Waals surface area (Å²) in [5.74, 6) is -0.871. The van der Waals surface area contributed by atoms with Gasteiger partial charge in [0, 0.05) is 41.2 Å². The molecule has 1 aromatic heterocycles. The zero-order chi connectivity index (χ0) is 17.1. The highest BCUT2D eigenvalue weighted by atomic mass is 32.2. The van der Waals surface area contributed by atoms with Crippen LogP contribution in [0, 0.1) is 0 Å². The number of carboxylic acid groups (broad SMARTS) is 2. The van der Waals surface area contributed by atoms with Crippen molar-refractivity contribution in [2.75, 3.05) is 12.4 Å². The van der Waals surface area contributed by atoms with Crippen LogP contribution in [-0.4, -0.2) is 51.6 Å². The summed E-state index contributed by atoms with van der Waals surface area (Å²) in [7, 11) is 0. The quantitative estimate of drug-likeness (QED) is 0.549. The first-order valence-electron chi connectivity index (χ1n) is 7.65. The van der Waals surface area contributed by atoms with E-state index < -0.39 is 24.0 Å². The number of hydrogen-bond donors (Lipinski definition) is 5. The topological polar surface area (TPSA) is 114 Å². The maximum atomic E-state index is 11.6. The van der Waals surface area contributed by atoms with Crippen LogP contribution in [0.4, 0.5) is 0 Å². The SMILES string of the molecule is O=C(O)C1Cc2c([nH]c3ccccc23)CSC[C@@H](C(=O)O)NCN1. The molecule has 0 saturated carbocycles. The number of hydrogen-bond acceptors (Lipinski definition) is 5. The molecule has 2 aromatic rings. The van der Waals surface area contributed by atoms with E-state index in [-0.39, 0.29) is 6.67 Å². The van der Waals surface area contributed by atoms with Gasteiger partial charge >= 0.3 is 11.9 Å². The molecule has 0 amide bonds. The molecule has 0 aliphatic carbocycles. The predicted octanol–water partition coefficient (Wildman–Crippen LogP) is 1.00. The van der Waals surface area contributed by atoms with Crippen molar-refractivity contribution in [1.82, 2.24) is 15.6 Å². The van der Waals surface area contributed by atoms with Gasteiger partial charge in [0.1, 0.15) is 12.1 Å². The minimum Gasteiger partial charge on any atom is -0.480 e. The highest BCUT2D eigenvalue weighted by Crippen LogP contribution is 2.27. The molecule has 2 heterocycles. The van der Waals surface area contributed by atoms with Gasteiger partial charge in [-0.2, -0.15) is 11.8 Å². The summed E-state index contributed by atoms with van der Waals surface area (Å²) in [4.78, 5) is 26.2. The minimum absolute atomic E-state index is 0.131. The van der Waals surface area contributed by atoms with Crippen LogP contribution in [0.1, 0.15) is 11.3 Å². The van der Waals surface area contributed by atoms with Crippen LogP contribution in [0.15, 0.2) is 24.3 Å². The zero-order valence-electron chi connectivity index (χ0n) is 12.9. The van der Waals surface area contributed by atoms with E-state index in [9.17, 15) is 19.8 Å². The molecule has 0 spiro atoms. The highest BCUT2D eigenvalue weighted by Gasteiger charge is 2.24. The van der Waals surface area contributed by atoms with Gasteiger partial charge in [0.25, 0.3) is 0 Å². The monoisotopic (exact) mass is 349 g/mol. The first-order chi connectivity index (χ1) is 11.6. The maximum absolute atomic E-state index is 11.6. The number of carboxylic acids is 2. The first kappa shape index (κ1) is 16.8. The maximum Gasteiger partial charge on any atom is 0.321 e. The number of nitrogens with one attached hydrogen (secondary N) is 3. The molecule has 0 radical (unpaired) electrons. The average molecular weight is 349 g/mol. The molecule has 3 rings (SSSR count). The van der Waals surface area contributed by atoms with E-state index in [4.69, 9.17) is 0 Å². The Morgan fingerprint density at radius 2 is 1.79 bits per heavy atom. The van der Waals surface area contributed by atoms with E-state index >= 15 is 0 Å². The van der Waals surface area contributed by atoms with Crippen molar-refractivity contribution in [1.29, 1.82) is 0 Å². The molecular weight excluding hydrogens is 330 g/mol. The molecule has 2 atom stereocenters. The number of thioether (sulfide) groups is 1. The van der Waals surface area contributed by atoms with Crippen molar-refractivity contribution >= 4 is 34.6 Å². The van der Waals surface area contributed by atoms with Gasteiger partial charge in [-0.3, -0.25) is 20.2 Å². The van der Waals surface area contributed by atoms with Gasteiger partial charge in [-0.05, 0) is 11.6 Å². The molecule has 1 aliphatic rings. The van der Waals surface area contributed by atoms with E-state index in [1.54, 1.807) is 0 Å². The smallest absolute Gasteiger partial charge is 0.321 e. The van der Waals surface area contributed by atoms with Crippen LogP contribution >= 0.6 is 11.8 Å². The van der Waals surface area contributed by atoms with Crippen LogP contribution in [0.5, 0.6) is 0 Å². The summed E-state index contributed by atoms with van der Waals surface area (Å²) in [5, 5.41) is 25.5. The largest absolute Gasteiger partial charge is 0.480 e. The Hall–Kier alpha value is -2.03. The van der Waals surface area contributed by atoms with Crippen molar-refractivity contribution in [2.24, 2.45) is 0 Å². The molecule has 1 aliphatic heterocycles. The van der Waals surface area contributed by atoms with Crippen molar-refractivity contribution < 1.29 is 19.8 Å². The molecular formula is C16H19N3O4S. The molecule has 128 valence electrons. The third-order valence-corrected chi connectivity index (χ3v) is 5.20. The summed E-state index contributed by atoms with van der Waals surface area (Å²) in [6.45, 7) is 0.131. The Balaban J connectivity index is 1.96. The van der Waals surface area contributed by atoms with E-state index in [0.717, 1.165) is 22.2 Å². The summed E-state index contributed by atoms with van der Waals surface area (Å²) < 4.78 is 0. The lowest BCUT2D eigenvalue weighted by molar-refractivity contribution is -0.139. The Labute approximate surface area is 142 Å². The lowest BCUT2D eigenvalue weighted by Gasteiger charge is -2.17. The molecule has 0 fully saturated rings. The Morgan fingerprint density at radius 3 is 2.54 bits per heavy atom. The number of aromatic nitrogens is 1. The predicted molar refractivity (Wildman–Crippen MR) is 92.2 cm³/mol. The minimum atomic E-state index is -0.952. The Morgan fingerprint density at radius 1 is 1.08 bits per heavy atom. The second-order valence-corrected chi connectivity index (χ2v) is 6.74. The fourth-order valence-electron chi connectivity index (χ4n) is 2.86. The fraction of sp³-hybridized carbons (Fsp3) is 0.375. The van der Waals surface area contributed by atoms with Gasteiger partial charge in [0.15, 0.2) is 0 Å². The Kier molecular flexibility index (Phi) is 5.08. The second kappa shape index (κ2) is 7.25. The third-order valence-electron chi connectivity index (χ3n) is 4.13. The number of fused-ring (bicyclic) bond motifs is 3. The molecule has 0 saturated heterocycles. The van der Waals surface area contributed by atoms with E-state index in [1.807, 2.05) is 24.3 Å². The van der Waals surface area contributed by atoms with Crippen LogP contribution in [0.3, 0.4) is 0 Å². The number of benzene rings is 1. The summed E-state index contributed by atoms with van der Waals surface area (Å²) in [6.07, 6.45) is 0.342. The molecule has 24 heavy (non-hydrogen) atoms. The summed E-state index contributed by atoms with van der Waals surface area (Å²) >= 11 is 1.52. The normalized spacial score (nSPS) is 22.5. The van der Waals surface area contributed by atoms with Gasteiger partial charge < -0.3 is 15.2 Å². The van der Waals surface area contributed by atoms with Crippen LogP contribution < -0.4 is 10.6 Å². The molecule has 0 bridgehead atoms. The van der Waals surface area contributed by atoms with Crippen LogP contribution in [-0.2, 0) is 21.8 Å². The van der Waals surface area contributed by atoms with Gasteiger partial charge in [0.05, 0.1) is 0 Å². The summed E-state index contributed by atoms with van der Waals surface area (Å²) in [6, 6.07) is 6.30. The lowest BCUT2D eigenvalue weighted by Crippen LogP contribution is -2.48. The first-order valence-corrected chi connectivity index (χ1v) is 8.80. The Bertz CT molecular complexity index is 761. The molecule has 8 heteroatoms. The van der Waals surface area contributed by atoms with Gasteiger partial charge in [-0.25, -0.2) is 0 Å². The number of H-pyrrole nitrogens is 1. The van der Waals surface area contributed by atoms with E-state index in [0.29, 0.717) is 17.9 Å². The number of rotatable bonds is 2.